The van der Waals surface area contributed by atoms with E-state index in [1.54, 1.807) is 60.7 Å². The summed E-state index contributed by atoms with van der Waals surface area (Å²) >= 11 is 5.89. The van der Waals surface area contributed by atoms with Gasteiger partial charge in [0.1, 0.15) is 5.76 Å². The normalized spacial score (nSPS) is 10.5. The van der Waals surface area contributed by atoms with E-state index in [4.69, 9.17) is 20.4 Å². The standard InChI is InChI=1S/C22H15ClN2O4/c23-15-8-6-14(7-9-15)18-10-11-20(29-18)22(27)25-17-4-1-3-16(13-17)24-21(26)19-5-2-12-28-19/h1-13H,(H,24,26)(H,25,27). The summed E-state index contributed by atoms with van der Waals surface area (Å²) in [7, 11) is 0. The number of carbonyl (C=O) groups is 2. The number of amides is 2. The van der Waals surface area contributed by atoms with Gasteiger partial charge in [0.25, 0.3) is 11.8 Å². The van der Waals surface area contributed by atoms with Crippen molar-refractivity contribution in [1.82, 2.24) is 0 Å². The fraction of sp³-hybridized carbons (Fsp3) is 0. The topological polar surface area (TPSA) is 84.5 Å². The molecule has 6 nitrogen and oxygen atoms in total. The molecule has 7 heteroatoms. The number of halogens is 1. The van der Waals surface area contributed by atoms with Crippen LogP contribution in [-0.2, 0) is 0 Å². The summed E-state index contributed by atoms with van der Waals surface area (Å²) in [6, 6.07) is 20.4. The van der Waals surface area contributed by atoms with Crippen LogP contribution >= 0.6 is 11.6 Å². The lowest BCUT2D eigenvalue weighted by atomic mass is 10.2. The van der Waals surface area contributed by atoms with E-state index in [2.05, 4.69) is 10.6 Å². The van der Waals surface area contributed by atoms with Gasteiger partial charge in [-0.2, -0.15) is 0 Å². The third kappa shape index (κ3) is 4.39. The van der Waals surface area contributed by atoms with E-state index >= 15 is 0 Å². The van der Waals surface area contributed by atoms with Crippen molar-refractivity contribution >= 4 is 34.8 Å². The van der Waals surface area contributed by atoms with Crippen LogP contribution in [0, 0.1) is 0 Å². The van der Waals surface area contributed by atoms with Crippen molar-refractivity contribution in [3.8, 4) is 11.3 Å². The Kier molecular flexibility index (Phi) is 5.18. The number of nitrogens with one attached hydrogen (secondary N) is 2. The molecule has 2 N–H and O–H groups in total. The highest BCUT2D eigenvalue weighted by atomic mass is 35.5. The second kappa shape index (κ2) is 8.08. The summed E-state index contributed by atoms with van der Waals surface area (Å²) in [6.07, 6.45) is 1.42. The number of benzene rings is 2. The molecule has 2 aromatic carbocycles. The predicted molar refractivity (Wildman–Crippen MR) is 110 cm³/mol. The van der Waals surface area contributed by atoms with Crippen LogP contribution in [0.15, 0.2) is 87.9 Å². The van der Waals surface area contributed by atoms with Crippen molar-refractivity contribution < 1.29 is 18.4 Å². The molecule has 0 aliphatic heterocycles. The summed E-state index contributed by atoms with van der Waals surface area (Å²) in [4.78, 5) is 24.6. The lowest BCUT2D eigenvalue weighted by molar-refractivity contribution is 0.0990. The molecule has 29 heavy (non-hydrogen) atoms. The van der Waals surface area contributed by atoms with Crippen molar-refractivity contribution in [3.05, 3.63) is 95.6 Å². The van der Waals surface area contributed by atoms with Crippen molar-refractivity contribution in [2.45, 2.75) is 0 Å². The van der Waals surface area contributed by atoms with Gasteiger partial charge in [0, 0.05) is 22.0 Å². The Morgan fingerprint density at radius 3 is 2.10 bits per heavy atom. The molecule has 0 aliphatic carbocycles. The first-order valence-electron chi connectivity index (χ1n) is 8.70. The van der Waals surface area contributed by atoms with Crippen LogP contribution in [0.25, 0.3) is 11.3 Å². The quantitative estimate of drug-likeness (QED) is 0.445. The highest BCUT2D eigenvalue weighted by molar-refractivity contribution is 6.30. The smallest absolute Gasteiger partial charge is 0.291 e. The number of anilines is 2. The van der Waals surface area contributed by atoms with Crippen molar-refractivity contribution in [2.24, 2.45) is 0 Å². The lowest BCUT2D eigenvalue weighted by Gasteiger charge is -2.07. The molecule has 4 rings (SSSR count). The molecule has 0 saturated carbocycles. The zero-order chi connectivity index (χ0) is 20.2. The van der Waals surface area contributed by atoms with E-state index in [0.717, 1.165) is 5.56 Å². The molecule has 0 aliphatic rings. The summed E-state index contributed by atoms with van der Waals surface area (Å²) in [5.74, 6) is 0.146. The molecule has 0 atom stereocenters. The van der Waals surface area contributed by atoms with Gasteiger partial charge in [0.05, 0.1) is 6.26 Å². The first-order chi connectivity index (χ1) is 14.1. The van der Waals surface area contributed by atoms with E-state index in [0.29, 0.717) is 22.2 Å². The molecular formula is C22H15ClN2O4. The average Bonchev–Trinajstić information content (AvgIpc) is 3.41. The summed E-state index contributed by atoms with van der Waals surface area (Å²) in [6.45, 7) is 0. The molecule has 0 radical (unpaired) electrons. The number of hydrogen-bond donors (Lipinski definition) is 2. The van der Waals surface area contributed by atoms with Crippen LogP contribution in [0.3, 0.4) is 0 Å². The van der Waals surface area contributed by atoms with Gasteiger partial charge in [-0.1, -0.05) is 17.7 Å². The second-order valence-electron chi connectivity index (χ2n) is 6.14. The maximum atomic E-state index is 12.5. The van der Waals surface area contributed by atoms with Gasteiger partial charge < -0.3 is 19.5 Å². The number of hydrogen-bond acceptors (Lipinski definition) is 4. The molecular weight excluding hydrogens is 392 g/mol. The Balaban J connectivity index is 1.45. The Labute approximate surface area is 171 Å². The predicted octanol–water partition coefficient (Wildman–Crippen LogP) is 5.70. The summed E-state index contributed by atoms with van der Waals surface area (Å²) in [5.41, 5.74) is 1.85. The van der Waals surface area contributed by atoms with Gasteiger partial charge in [-0.15, -0.1) is 0 Å². The summed E-state index contributed by atoms with van der Waals surface area (Å²) in [5, 5.41) is 6.08. The van der Waals surface area contributed by atoms with Crippen LogP contribution in [0.4, 0.5) is 11.4 Å². The summed E-state index contributed by atoms with van der Waals surface area (Å²) < 4.78 is 10.7. The minimum atomic E-state index is -0.403. The van der Waals surface area contributed by atoms with Gasteiger partial charge in [-0.05, 0) is 66.7 Å². The molecule has 144 valence electrons. The molecule has 0 spiro atoms. The molecule has 0 fully saturated rings. The van der Waals surface area contributed by atoms with E-state index in [9.17, 15) is 9.59 Å². The Morgan fingerprint density at radius 1 is 0.759 bits per heavy atom. The van der Waals surface area contributed by atoms with E-state index in [1.807, 2.05) is 12.1 Å². The van der Waals surface area contributed by atoms with Crippen LogP contribution in [0.1, 0.15) is 21.1 Å². The zero-order valence-electron chi connectivity index (χ0n) is 15.0. The zero-order valence-corrected chi connectivity index (χ0v) is 15.8. The number of carbonyl (C=O) groups excluding carboxylic acids is 2. The molecule has 2 amide bonds. The molecule has 0 unspecified atom stereocenters. The minimum absolute atomic E-state index is 0.167. The van der Waals surface area contributed by atoms with Crippen LogP contribution in [0.5, 0.6) is 0 Å². The monoisotopic (exact) mass is 406 g/mol. The third-order valence-corrected chi connectivity index (χ3v) is 4.33. The molecule has 4 aromatic rings. The molecule has 2 aromatic heterocycles. The highest BCUT2D eigenvalue weighted by Gasteiger charge is 2.14. The van der Waals surface area contributed by atoms with E-state index in [1.165, 1.54) is 6.26 Å². The maximum absolute atomic E-state index is 12.5. The van der Waals surface area contributed by atoms with Crippen LogP contribution in [0.2, 0.25) is 5.02 Å². The first kappa shape index (κ1) is 18.6. The molecule has 2 heterocycles. The maximum Gasteiger partial charge on any atom is 0.291 e. The van der Waals surface area contributed by atoms with E-state index < -0.39 is 5.91 Å². The highest BCUT2D eigenvalue weighted by Crippen LogP contribution is 2.24. The number of rotatable bonds is 5. The third-order valence-electron chi connectivity index (χ3n) is 4.08. The lowest BCUT2D eigenvalue weighted by Crippen LogP contribution is -2.13. The van der Waals surface area contributed by atoms with Crippen molar-refractivity contribution in [1.29, 1.82) is 0 Å². The van der Waals surface area contributed by atoms with Gasteiger partial charge in [0.2, 0.25) is 0 Å². The Bertz CT molecular complexity index is 1150. The largest absolute Gasteiger partial charge is 0.459 e. The Hall–Kier alpha value is -3.77. The van der Waals surface area contributed by atoms with Crippen molar-refractivity contribution in [2.75, 3.05) is 10.6 Å². The average molecular weight is 407 g/mol. The fourth-order valence-electron chi connectivity index (χ4n) is 2.70. The molecule has 0 bridgehead atoms. The fourth-order valence-corrected chi connectivity index (χ4v) is 2.82. The molecule has 0 saturated heterocycles. The van der Waals surface area contributed by atoms with Gasteiger partial charge in [-0.25, -0.2) is 0 Å². The van der Waals surface area contributed by atoms with Crippen molar-refractivity contribution in [3.63, 3.8) is 0 Å². The SMILES string of the molecule is O=C(Nc1cccc(NC(=O)c2ccc(-c3ccc(Cl)cc3)o2)c1)c1ccco1. The number of furan rings is 2. The van der Waals surface area contributed by atoms with E-state index in [-0.39, 0.29) is 17.4 Å². The first-order valence-corrected chi connectivity index (χ1v) is 9.08. The van der Waals surface area contributed by atoms with Gasteiger partial charge >= 0.3 is 0 Å². The minimum Gasteiger partial charge on any atom is -0.459 e. The van der Waals surface area contributed by atoms with Gasteiger partial charge in [-0.3, -0.25) is 9.59 Å². The second-order valence-corrected chi connectivity index (χ2v) is 6.57. The van der Waals surface area contributed by atoms with Crippen LogP contribution in [-0.4, -0.2) is 11.8 Å². The Morgan fingerprint density at radius 2 is 1.45 bits per heavy atom. The van der Waals surface area contributed by atoms with Gasteiger partial charge in [0.15, 0.2) is 11.5 Å². The van der Waals surface area contributed by atoms with Crippen LogP contribution < -0.4 is 10.6 Å².